The van der Waals surface area contributed by atoms with Gasteiger partial charge in [-0.15, -0.1) is 0 Å². The average molecular weight is 313 g/mol. The van der Waals surface area contributed by atoms with Gasteiger partial charge in [-0.05, 0) is 0 Å². The highest BCUT2D eigenvalue weighted by Crippen LogP contribution is 2.22. The highest BCUT2D eigenvalue weighted by molar-refractivity contribution is 5.70. The lowest BCUT2D eigenvalue weighted by atomic mass is 10.1. The first kappa shape index (κ1) is 14.7. The maximum atomic E-state index is 12.0. The summed E-state index contributed by atoms with van der Waals surface area (Å²) in [7, 11) is 0. The number of fused-ring (bicyclic) bond motifs is 1. The Bertz CT molecular complexity index is 809. The predicted octanol–water partition coefficient (Wildman–Crippen LogP) is -3.52. The third-order valence-electron chi connectivity index (χ3n) is 3.66. The molecule has 0 bridgehead atoms. The summed E-state index contributed by atoms with van der Waals surface area (Å²) < 4.78 is 6.39. The number of rotatable bonds is 3. The van der Waals surface area contributed by atoms with Gasteiger partial charge >= 0.3 is 5.69 Å². The molecule has 3 heterocycles. The monoisotopic (exact) mass is 313 g/mol. The van der Waals surface area contributed by atoms with Crippen LogP contribution in [0.2, 0.25) is 0 Å². The summed E-state index contributed by atoms with van der Waals surface area (Å²) in [6.07, 6.45) is -4.43. The number of imidazole rings is 1. The van der Waals surface area contributed by atoms with E-state index in [-0.39, 0.29) is 23.7 Å². The third-order valence-corrected chi connectivity index (χ3v) is 3.66. The highest BCUT2D eigenvalue weighted by Gasteiger charge is 2.42. The van der Waals surface area contributed by atoms with Crippen molar-refractivity contribution >= 4 is 17.1 Å². The molecule has 1 aliphatic rings. The van der Waals surface area contributed by atoms with Crippen LogP contribution in [0.3, 0.4) is 0 Å². The van der Waals surface area contributed by atoms with Crippen molar-refractivity contribution in [1.29, 1.82) is 0 Å². The van der Waals surface area contributed by atoms with Gasteiger partial charge in [0.1, 0.15) is 24.4 Å². The molecule has 4 atom stereocenters. The second-order valence-electron chi connectivity index (χ2n) is 5.07. The molecule has 0 saturated carbocycles. The Morgan fingerprint density at radius 1 is 1.23 bits per heavy atom. The molecule has 11 heteroatoms. The van der Waals surface area contributed by atoms with Gasteiger partial charge in [-0.3, -0.25) is 19.3 Å². The number of anilines is 1. The van der Waals surface area contributed by atoms with Gasteiger partial charge in [0.2, 0.25) is 5.95 Å². The summed E-state index contributed by atoms with van der Waals surface area (Å²) in [5, 5.41) is 28.7. The van der Waals surface area contributed by atoms with Gasteiger partial charge in [0.15, 0.2) is 11.2 Å². The quantitative estimate of drug-likeness (QED) is 0.337. The van der Waals surface area contributed by atoms with Crippen LogP contribution >= 0.6 is 0 Å². The van der Waals surface area contributed by atoms with Crippen LogP contribution in [0.25, 0.3) is 11.2 Å². The van der Waals surface area contributed by atoms with Crippen LogP contribution < -0.4 is 17.0 Å². The Balaban J connectivity index is 2.00. The van der Waals surface area contributed by atoms with Crippen LogP contribution in [0, 0.1) is 0 Å². The number of aromatic nitrogens is 4. The summed E-state index contributed by atoms with van der Waals surface area (Å²) in [5.41, 5.74) is 4.20. The first-order valence-corrected chi connectivity index (χ1v) is 6.53. The van der Waals surface area contributed by atoms with E-state index in [0.717, 1.165) is 4.57 Å². The highest BCUT2D eigenvalue weighted by atomic mass is 16.6. The van der Waals surface area contributed by atoms with Crippen LogP contribution in [0.1, 0.15) is 0 Å². The molecule has 7 N–H and O–H groups in total. The zero-order chi connectivity index (χ0) is 16.0. The van der Waals surface area contributed by atoms with Crippen molar-refractivity contribution < 1.29 is 20.1 Å². The number of ether oxygens (including phenoxy) is 1. The van der Waals surface area contributed by atoms with Crippen LogP contribution in [0.4, 0.5) is 5.95 Å². The van der Waals surface area contributed by atoms with Gasteiger partial charge in [-0.25, -0.2) is 4.79 Å². The molecule has 22 heavy (non-hydrogen) atoms. The average Bonchev–Trinajstić information content (AvgIpc) is 2.92. The van der Waals surface area contributed by atoms with Gasteiger partial charge < -0.3 is 25.8 Å². The number of hydrogen-bond acceptors (Lipinski definition) is 8. The number of aliphatic hydroxyl groups is 3. The third kappa shape index (κ3) is 2.20. The molecule has 0 amide bonds. The molecule has 1 fully saturated rings. The lowest BCUT2D eigenvalue weighted by Gasteiger charge is -2.14. The van der Waals surface area contributed by atoms with Crippen LogP contribution in [0.5, 0.6) is 0 Å². The molecule has 0 radical (unpaired) electrons. The number of aromatic amines is 2. The number of nitrogen functional groups attached to an aromatic ring is 1. The van der Waals surface area contributed by atoms with E-state index in [1.54, 1.807) is 0 Å². The Morgan fingerprint density at radius 2 is 1.91 bits per heavy atom. The van der Waals surface area contributed by atoms with E-state index in [4.69, 9.17) is 15.6 Å². The fraction of sp³-hybridized carbons (Fsp3) is 0.545. The zero-order valence-corrected chi connectivity index (χ0v) is 11.3. The topological polar surface area (TPSA) is 179 Å². The van der Waals surface area contributed by atoms with Crippen molar-refractivity contribution in [3.63, 3.8) is 0 Å². The molecule has 1 aliphatic heterocycles. The number of aliphatic hydroxyl groups excluding tert-OH is 3. The van der Waals surface area contributed by atoms with Crippen LogP contribution in [-0.4, -0.2) is 65.9 Å². The smallest absolute Gasteiger partial charge is 0.327 e. The maximum Gasteiger partial charge on any atom is 0.327 e. The van der Waals surface area contributed by atoms with E-state index < -0.39 is 42.3 Å². The molecule has 2 aromatic heterocycles. The Hall–Kier alpha value is -2.21. The predicted molar refractivity (Wildman–Crippen MR) is 73.1 cm³/mol. The maximum absolute atomic E-state index is 12.0. The summed E-state index contributed by atoms with van der Waals surface area (Å²) in [5.74, 6) is -0.161. The summed E-state index contributed by atoms with van der Waals surface area (Å²) >= 11 is 0. The van der Waals surface area contributed by atoms with Crippen molar-refractivity contribution in [2.75, 3.05) is 12.3 Å². The minimum Gasteiger partial charge on any atom is -0.394 e. The standard InChI is InChI=1S/C11H15N5O6/c12-10-14-8-5(9(20)15-10)13-11(21)16(8)1-3-6(18)7(19)4(2-17)22-3/h3-4,6-7,17-19H,1-2H2,(H,13,21)(H3,12,14,15,20)/t3-,4+,6-,7-/m1/s1. The van der Waals surface area contributed by atoms with Crippen molar-refractivity contribution in [2.24, 2.45) is 0 Å². The van der Waals surface area contributed by atoms with E-state index in [9.17, 15) is 19.8 Å². The van der Waals surface area contributed by atoms with E-state index in [2.05, 4.69) is 15.0 Å². The molecule has 0 aromatic carbocycles. The molecule has 1 saturated heterocycles. The van der Waals surface area contributed by atoms with Gasteiger partial charge in [-0.2, -0.15) is 4.98 Å². The molecule has 11 nitrogen and oxygen atoms in total. The SMILES string of the molecule is Nc1nc2c([nH]c(=O)n2C[C@H]2O[C@@H](CO)[C@@H](O)[C@@H]2O)c(=O)[nH]1. The normalized spacial score (nSPS) is 28.5. The first-order chi connectivity index (χ1) is 10.4. The van der Waals surface area contributed by atoms with Crippen molar-refractivity contribution in [3.05, 3.63) is 20.8 Å². The number of hydrogen-bond donors (Lipinski definition) is 6. The number of nitrogens with one attached hydrogen (secondary N) is 2. The molecule has 120 valence electrons. The number of nitrogens with two attached hydrogens (primary N) is 1. The van der Waals surface area contributed by atoms with E-state index >= 15 is 0 Å². The van der Waals surface area contributed by atoms with Gasteiger partial charge in [-0.1, -0.05) is 0 Å². The molecule has 2 aromatic rings. The van der Waals surface area contributed by atoms with E-state index in [1.165, 1.54) is 0 Å². The summed E-state index contributed by atoms with van der Waals surface area (Å²) in [6, 6.07) is 0. The lowest BCUT2D eigenvalue weighted by molar-refractivity contribution is -0.0264. The van der Waals surface area contributed by atoms with Crippen LogP contribution in [-0.2, 0) is 11.3 Å². The molecule has 0 spiro atoms. The fourth-order valence-electron chi connectivity index (χ4n) is 2.53. The number of H-pyrrole nitrogens is 2. The van der Waals surface area contributed by atoms with E-state index in [1.807, 2.05) is 0 Å². The number of nitrogens with zero attached hydrogens (tertiary/aromatic N) is 2. The lowest BCUT2D eigenvalue weighted by Crippen LogP contribution is -2.36. The fourth-order valence-corrected chi connectivity index (χ4v) is 2.53. The van der Waals surface area contributed by atoms with Gasteiger partial charge in [0.05, 0.1) is 13.2 Å². The molecular formula is C11H15N5O6. The second kappa shape index (κ2) is 5.21. The molecule has 0 unspecified atom stereocenters. The first-order valence-electron chi connectivity index (χ1n) is 6.53. The zero-order valence-electron chi connectivity index (χ0n) is 11.3. The minimum absolute atomic E-state index is 0.0176. The summed E-state index contributed by atoms with van der Waals surface area (Å²) in [6.45, 7) is -0.633. The minimum atomic E-state index is -1.28. The van der Waals surface area contributed by atoms with E-state index in [0.29, 0.717) is 0 Å². The molecule has 3 rings (SSSR count). The largest absolute Gasteiger partial charge is 0.394 e. The van der Waals surface area contributed by atoms with Gasteiger partial charge in [0, 0.05) is 0 Å². The Labute approximate surface area is 122 Å². The van der Waals surface area contributed by atoms with Crippen molar-refractivity contribution in [3.8, 4) is 0 Å². The second-order valence-corrected chi connectivity index (χ2v) is 5.07. The summed E-state index contributed by atoms with van der Waals surface area (Å²) in [4.78, 5) is 32.1. The Morgan fingerprint density at radius 3 is 2.55 bits per heavy atom. The molecular weight excluding hydrogens is 298 g/mol. The molecule has 0 aliphatic carbocycles. The Kier molecular flexibility index (Phi) is 3.48. The van der Waals surface area contributed by atoms with Crippen LogP contribution in [0.15, 0.2) is 9.59 Å². The van der Waals surface area contributed by atoms with Crippen molar-refractivity contribution in [2.45, 2.75) is 31.0 Å². The van der Waals surface area contributed by atoms with Crippen molar-refractivity contribution in [1.82, 2.24) is 19.5 Å². The van der Waals surface area contributed by atoms with Gasteiger partial charge in [0.25, 0.3) is 5.56 Å².